The minimum Gasteiger partial charge on any atom is -0.437 e. The van der Waals surface area contributed by atoms with Crippen LogP contribution in [0.15, 0.2) is 48.5 Å². The third-order valence-corrected chi connectivity index (χ3v) is 3.29. The van der Waals surface area contributed by atoms with E-state index in [9.17, 15) is 4.79 Å². The highest BCUT2D eigenvalue weighted by Gasteiger charge is 2.11. The second-order valence-electron chi connectivity index (χ2n) is 3.89. The SMILES string of the molecule is COC(=O)Oc1cc(CBr)ccc1-c1ccccc1. The summed E-state index contributed by atoms with van der Waals surface area (Å²) in [5.41, 5.74) is 2.87. The number of halogens is 1. The molecule has 0 unspecified atom stereocenters. The van der Waals surface area contributed by atoms with Crippen molar-refractivity contribution in [3.05, 3.63) is 54.1 Å². The molecule has 0 bridgehead atoms. The van der Waals surface area contributed by atoms with Gasteiger partial charge in [0, 0.05) is 10.9 Å². The molecule has 4 heteroatoms. The van der Waals surface area contributed by atoms with Crippen LogP contribution in [-0.2, 0) is 10.1 Å². The van der Waals surface area contributed by atoms with Crippen LogP contribution in [0.2, 0.25) is 0 Å². The van der Waals surface area contributed by atoms with Gasteiger partial charge in [0.15, 0.2) is 0 Å². The van der Waals surface area contributed by atoms with Crippen LogP contribution in [0, 0.1) is 0 Å². The smallest absolute Gasteiger partial charge is 0.437 e. The fourth-order valence-electron chi connectivity index (χ4n) is 1.72. The van der Waals surface area contributed by atoms with Crippen LogP contribution in [0.4, 0.5) is 4.79 Å². The summed E-state index contributed by atoms with van der Waals surface area (Å²) in [6.07, 6.45) is -0.719. The van der Waals surface area contributed by atoms with Crippen LogP contribution in [0.5, 0.6) is 5.75 Å². The quantitative estimate of drug-likeness (QED) is 0.478. The van der Waals surface area contributed by atoms with Gasteiger partial charge in [-0.1, -0.05) is 58.4 Å². The maximum absolute atomic E-state index is 11.3. The van der Waals surface area contributed by atoms with E-state index in [1.54, 1.807) is 0 Å². The summed E-state index contributed by atoms with van der Waals surface area (Å²) < 4.78 is 9.76. The van der Waals surface area contributed by atoms with Crippen LogP contribution >= 0.6 is 15.9 Å². The molecule has 0 saturated carbocycles. The van der Waals surface area contributed by atoms with E-state index in [0.717, 1.165) is 16.7 Å². The van der Waals surface area contributed by atoms with Gasteiger partial charge in [0.2, 0.25) is 0 Å². The van der Waals surface area contributed by atoms with E-state index < -0.39 is 6.16 Å². The van der Waals surface area contributed by atoms with Crippen molar-refractivity contribution in [3.63, 3.8) is 0 Å². The van der Waals surface area contributed by atoms with Gasteiger partial charge < -0.3 is 9.47 Å². The molecule has 0 radical (unpaired) electrons. The van der Waals surface area contributed by atoms with Gasteiger partial charge in [-0.05, 0) is 17.2 Å². The zero-order valence-corrected chi connectivity index (χ0v) is 12.0. The molecule has 0 aliphatic heterocycles. The monoisotopic (exact) mass is 320 g/mol. The zero-order chi connectivity index (χ0) is 13.7. The summed E-state index contributed by atoms with van der Waals surface area (Å²) in [7, 11) is 1.29. The fourth-order valence-corrected chi connectivity index (χ4v) is 2.07. The minimum absolute atomic E-state index is 0.495. The molecule has 0 aromatic heterocycles. The first-order chi connectivity index (χ1) is 9.24. The molecular formula is C15H13BrO3. The van der Waals surface area contributed by atoms with Crippen molar-refractivity contribution >= 4 is 22.1 Å². The van der Waals surface area contributed by atoms with Gasteiger partial charge in [0.05, 0.1) is 7.11 Å². The van der Waals surface area contributed by atoms with Gasteiger partial charge in [-0.25, -0.2) is 4.79 Å². The number of carbonyl (C=O) groups is 1. The third-order valence-electron chi connectivity index (χ3n) is 2.65. The minimum atomic E-state index is -0.719. The normalized spacial score (nSPS) is 10.0. The maximum atomic E-state index is 11.3. The molecule has 19 heavy (non-hydrogen) atoms. The van der Waals surface area contributed by atoms with Crippen LogP contribution in [-0.4, -0.2) is 13.3 Å². The molecule has 0 amide bonds. The Morgan fingerprint density at radius 1 is 1.16 bits per heavy atom. The molecule has 3 nitrogen and oxygen atoms in total. The average molecular weight is 321 g/mol. The fraction of sp³-hybridized carbons (Fsp3) is 0.133. The molecule has 2 aromatic rings. The highest BCUT2D eigenvalue weighted by Crippen LogP contribution is 2.31. The molecular weight excluding hydrogens is 308 g/mol. The lowest BCUT2D eigenvalue weighted by Crippen LogP contribution is -2.08. The number of ether oxygens (including phenoxy) is 2. The highest BCUT2D eigenvalue weighted by atomic mass is 79.9. The number of hydrogen-bond acceptors (Lipinski definition) is 3. The molecule has 0 heterocycles. The first-order valence-electron chi connectivity index (χ1n) is 5.74. The summed E-state index contributed by atoms with van der Waals surface area (Å²) in [6.45, 7) is 0. The van der Waals surface area contributed by atoms with E-state index in [1.165, 1.54) is 7.11 Å². The van der Waals surface area contributed by atoms with Crippen LogP contribution in [0.3, 0.4) is 0 Å². The lowest BCUT2D eigenvalue weighted by molar-refractivity contribution is 0.121. The Bertz CT molecular complexity index is 567. The predicted octanol–water partition coefficient (Wildman–Crippen LogP) is 4.39. The average Bonchev–Trinajstić information content (AvgIpc) is 2.48. The van der Waals surface area contributed by atoms with Crippen LogP contribution < -0.4 is 4.74 Å². The van der Waals surface area contributed by atoms with Crippen molar-refractivity contribution in [1.82, 2.24) is 0 Å². The Labute approximate surface area is 120 Å². The standard InChI is InChI=1S/C15H13BrO3/c1-18-15(17)19-14-9-11(10-16)7-8-13(14)12-5-3-2-4-6-12/h2-9H,10H2,1H3. The molecule has 0 fully saturated rings. The summed E-state index contributed by atoms with van der Waals surface area (Å²) in [5, 5.41) is 0.694. The number of benzene rings is 2. The van der Waals surface area contributed by atoms with Crippen molar-refractivity contribution in [2.45, 2.75) is 5.33 Å². The molecule has 0 atom stereocenters. The van der Waals surface area contributed by atoms with Gasteiger partial charge in [-0.15, -0.1) is 0 Å². The number of methoxy groups -OCH3 is 1. The van der Waals surface area contributed by atoms with Crippen molar-refractivity contribution in [2.24, 2.45) is 0 Å². The number of carbonyl (C=O) groups excluding carboxylic acids is 1. The summed E-state index contributed by atoms with van der Waals surface area (Å²) in [4.78, 5) is 11.3. The molecule has 0 aliphatic rings. The Morgan fingerprint density at radius 2 is 1.89 bits per heavy atom. The van der Waals surface area contributed by atoms with E-state index in [2.05, 4.69) is 20.7 Å². The van der Waals surface area contributed by atoms with E-state index in [1.807, 2.05) is 48.5 Å². The van der Waals surface area contributed by atoms with E-state index in [4.69, 9.17) is 4.74 Å². The Hall–Kier alpha value is -1.81. The van der Waals surface area contributed by atoms with Gasteiger partial charge in [-0.3, -0.25) is 0 Å². The van der Waals surface area contributed by atoms with Crippen molar-refractivity contribution in [1.29, 1.82) is 0 Å². The predicted molar refractivity (Wildman–Crippen MR) is 77.5 cm³/mol. The van der Waals surface area contributed by atoms with Gasteiger partial charge in [0.25, 0.3) is 0 Å². The van der Waals surface area contributed by atoms with Crippen molar-refractivity contribution in [2.75, 3.05) is 7.11 Å². The molecule has 2 aromatic carbocycles. The largest absolute Gasteiger partial charge is 0.513 e. The molecule has 0 N–H and O–H groups in total. The summed E-state index contributed by atoms with van der Waals surface area (Å²) in [5.74, 6) is 0.495. The van der Waals surface area contributed by atoms with Crippen molar-refractivity contribution in [3.8, 4) is 16.9 Å². The Balaban J connectivity index is 2.44. The number of alkyl halides is 1. The first-order valence-corrected chi connectivity index (χ1v) is 6.87. The third kappa shape index (κ3) is 3.35. The zero-order valence-electron chi connectivity index (χ0n) is 10.4. The first kappa shape index (κ1) is 13.6. The van der Waals surface area contributed by atoms with Crippen LogP contribution in [0.25, 0.3) is 11.1 Å². The topological polar surface area (TPSA) is 35.5 Å². The lowest BCUT2D eigenvalue weighted by atomic mass is 10.0. The Morgan fingerprint density at radius 3 is 2.53 bits per heavy atom. The van der Waals surface area contributed by atoms with E-state index >= 15 is 0 Å². The molecule has 2 rings (SSSR count). The molecule has 0 spiro atoms. The summed E-state index contributed by atoms with van der Waals surface area (Å²) in [6, 6.07) is 15.5. The van der Waals surface area contributed by atoms with Crippen molar-refractivity contribution < 1.29 is 14.3 Å². The Kier molecular flexibility index (Phi) is 4.58. The molecule has 0 saturated heterocycles. The number of rotatable bonds is 3. The van der Waals surface area contributed by atoms with E-state index in [0.29, 0.717) is 11.1 Å². The maximum Gasteiger partial charge on any atom is 0.513 e. The lowest BCUT2D eigenvalue weighted by Gasteiger charge is -2.11. The summed E-state index contributed by atoms with van der Waals surface area (Å²) >= 11 is 3.38. The number of hydrogen-bond donors (Lipinski definition) is 0. The molecule has 0 aliphatic carbocycles. The second-order valence-corrected chi connectivity index (χ2v) is 4.45. The molecule has 98 valence electrons. The van der Waals surface area contributed by atoms with Crippen LogP contribution in [0.1, 0.15) is 5.56 Å². The highest BCUT2D eigenvalue weighted by molar-refractivity contribution is 9.08. The second kappa shape index (κ2) is 6.38. The van der Waals surface area contributed by atoms with Gasteiger partial charge >= 0.3 is 6.16 Å². The van der Waals surface area contributed by atoms with E-state index in [-0.39, 0.29) is 0 Å². The van der Waals surface area contributed by atoms with Gasteiger partial charge in [0.1, 0.15) is 5.75 Å². The van der Waals surface area contributed by atoms with Gasteiger partial charge in [-0.2, -0.15) is 0 Å².